The molecule has 0 aliphatic rings. The number of anilines is 2. The lowest BCUT2D eigenvalue weighted by atomic mass is 10.2. The number of para-hydroxylation sites is 1. The van der Waals surface area contributed by atoms with Gasteiger partial charge in [0.2, 0.25) is 11.7 Å². The highest BCUT2D eigenvalue weighted by atomic mass is 35.5. The molecule has 4 aromatic rings. The van der Waals surface area contributed by atoms with Crippen molar-refractivity contribution in [3.63, 3.8) is 0 Å². The Labute approximate surface area is 205 Å². The lowest BCUT2D eigenvalue weighted by Gasteiger charge is -2.14. The van der Waals surface area contributed by atoms with E-state index in [0.717, 1.165) is 21.8 Å². The smallest absolute Gasteiger partial charge is 0.237 e. The predicted molar refractivity (Wildman–Crippen MR) is 139 cm³/mol. The van der Waals surface area contributed by atoms with E-state index in [4.69, 9.17) is 28.3 Å². The Balaban J connectivity index is 1.39. The standard InChI is InChI=1S/C23H19ClN4OS3/c1-31-18-6-4-5-17(13-18)25-23(30)26-19-7-2-3-8-20(19)32-14-21-27-22(28-29-21)15-9-11-16(24)12-10-15/h2-13H,14H2,1H3,(H2,25,26,30). The summed E-state index contributed by atoms with van der Waals surface area (Å²) in [5, 5.41) is 11.8. The number of nitrogens with zero attached hydrogens (tertiary/aromatic N) is 2. The number of benzene rings is 3. The first kappa shape index (κ1) is 22.7. The summed E-state index contributed by atoms with van der Waals surface area (Å²) in [7, 11) is 0. The summed E-state index contributed by atoms with van der Waals surface area (Å²) in [5.74, 6) is 1.63. The molecule has 1 heterocycles. The number of aromatic nitrogens is 2. The largest absolute Gasteiger partial charge is 0.338 e. The van der Waals surface area contributed by atoms with Crippen molar-refractivity contribution in [3.8, 4) is 11.4 Å². The van der Waals surface area contributed by atoms with Crippen LogP contribution < -0.4 is 10.6 Å². The molecule has 0 aliphatic heterocycles. The van der Waals surface area contributed by atoms with Crippen molar-refractivity contribution in [1.82, 2.24) is 10.1 Å². The van der Waals surface area contributed by atoms with Crippen molar-refractivity contribution in [2.24, 2.45) is 0 Å². The van der Waals surface area contributed by atoms with Gasteiger partial charge in [0.15, 0.2) is 5.11 Å². The highest BCUT2D eigenvalue weighted by molar-refractivity contribution is 7.98. The van der Waals surface area contributed by atoms with Crippen LogP contribution in [0.2, 0.25) is 5.02 Å². The molecule has 0 saturated carbocycles. The van der Waals surface area contributed by atoms with Crippen LogP contribution in [-0.4, -0.2) is 21.5 Å². The van der Waals surface area contributed by atoms with E-state index in [1.807, 2.05) is 54.8 Å². The Morgan fingerprint density at radius 1 is 1.03 bits per heavy atom. The minimum absolute atomic E-state index is 0.527. The second kappa shape index (κ2) is 10.9. The van der Waals surface area contributed by atoms with E-state index in [1.165, 1.54) is 4.90 Å². The Bertz CT molecular complexity index is 1210. The van der Waals surface area contributed by atoms with Crippen LogP contribution in [0.3, 0.4) is 0 Å². The van der Waals surface area contributed by atoms with Crippen LogP contribution in [0, 0.1) is 0 Å². The zero-order chi connectivity index (χ0) is 22.3. The summed E-state index contributed by atoms with van der Waals surface area (Å²) in [5.41, 5.74) is 2.71. The summed E-state index contributed by atoms with van der Waals surface area (Å²) < 4.78 is 5.42. The summed E-state index contributed by atoms with van der Waals surface area (Å²) in [4.78, 5) is 6.69. The molecule has 9 heteroatoms. The number of hydrogen-bond donors (Lipinski definition) is 2. The van der Waals surface area contributed by atoms with Crippen LogP contribution in [0.4, 0.5) is 11.4 Å². The van der Waals surface area contributed by atoms with Crippen LogP contribution in [0.25, 0.3) is 11.4 Å². The molecule has 0 atom stereocenters. The maximum absolute atomic E-state index is 5.94. The maximum atomic E-state index is 5.94. The average Bonchev–Trinajstić information content (AvgIpc) is 3.28. The van der Waals surface area contributed by atoms with Crippen molar-refractivity contribution < 1.29 is 4.52 Å². The fourth-order valence-electron chi connectivity index (χ4n) is 2.85. The molecular formula is C23H19ClN4OS3. The molecule has 0 unspecified atom stereocenters. The molecule has 2 N–H and O–H groups in total. The SMILES string of the molecule is CSc1cccc(NC(=S)Nc2ccccc2SCc2nc(-c3ccc(Cl)cc3)no2)c1. The van der Waals surface area contributed by atoms with Gasteiger partial charge in [0.05, 0.1) is 11.4 Å². The normalized spacial score (nSPS) is 10.7. The molecule has 0 fully saturated rings. The number of rotatable bonds is 7. The van der Waals surface area contributed by atoms with Gasteiger partial charge in [0.25, 0.3) is 0 Å². The van der Waals surface area contributed by atoms with Gasteiger partial charge in [-0.25, -0.2) is 0 Å². The molecular weight excluding hydrogens is 480 g/mol. The lowest BCUT2D eigenvalue weighted by molar-refractivity contribution is 0.391. The van der Waals surface area contributed by atoms with Gasteiger partial charge in [-0.2, -0.15) is 4.98 Å². The van der Waals surface area contributed by atoms with E-state index < -0.39 is 0 Å². The Hall–Kier alpha value is -2.52. The third-order valence-electron chi connectivity index (χ3n) is 4.38. The van der Waals surface area contributed by atoms with Gasteiger partial charge >= 0.3 is 0 Å². The summed E-state index contributed by atoms with van der Waals surface area (Å²) in [6.45, 7) is 0. The van der Waals surface area contributed by atoms with Crippen molar-refractivity contribution in [1.29, 1.82) is 0 Å². The van der Waals surface area contributed by atoms with E-state index in [-0.39, 0.29) is 0 Å². The second-order valence-electron chi connectivity index (χ2n) is 6.61. The predicted octanol–water partition coefficient (Wildman–Crippen LogP) is 7.21. The quantitative estimate of drug-likeness (QED) is 0.204. The zero-order valence-corrected chi connectivity index (χ0v) is 20.2. The molecule has 1 aromatic heterocycles. The molecule has 0 bridgehead atoms. The molecule has 5 nitrogen and oxygen atoms in total. The van der Waals surface area contributed by atoms with Crippen LogP contribution in [0.5, 0.6) is 0 Å². The molecule has 0 spiro atoms. The monoisotopic (exact) mass is 498 g/mol. The van der Waals surface area contributed by atoms with Gasteiger partial charge in [-0.05, 0) is 73.1 Å². The average molecular weight is 499 g/mol. The lowest BCUT2D eigenvalue weighted by Crippen LogP contribution is -2.19. The highest BCUT2D eigenvalue weighted by Gasteiger charge is 2.11. The van der Waals surface area contributed by atoms with Gasteiger partial charge in [0, 0.05) is 26.1 Å². The minimum atomic E-state index is 0.527. The van der Waals surface area contributed by atoms with E-state index in [2.05, 4.69) is 32.9 Å². The topological polar surface area (TPSA) is 63.0 Å². The fourth-order valence-corrected chi connectivity index (χ4v) is 4.51. The molecule has 0 amide bonds. The van der Waals surface area contributed by atoms with Gasteiger partial charge < -0.3 is 15.2 Å². The first-order valence-corrected chi connectivity index (χ1v) is 12.6. The Morgan fingerprint density at radius 2 is 1.84 bits per heavy atom. The first-order chi connectivity index (χ1) is 15.6. The van der Waals surface area contributed by atoms with Crippen molar-refractivity contribution >= 4 is 63.8 Å². The van der Waals surface area contributed by atoms with Crippen molar-refractivity contribution in [2.45, 2.75) is 15.5 Å². The van der Waals surface area contributed by atoms with Gasteiger partial charge in [-0.1, -0.05) is 35.0 Å². The summed E-state index contributed by atoms with van der Waals surface area (Å²) in [6.07, 6.45) is 2.05. The number of thiocarbonyl (C=S) groups is 1. The fraction of sp³-hybridized carbons (Fsp3) is 0.0870. The number of halogens is 1. The summed E-state index contributed by atoms with van der Waals surface area (Å²) in [6, 6.07) is 23.4. The first-order valence-electron chi connectivity index (χ1n) is 9.63. The molecule has 0 aliphatic carbocycles. The maximum Gasteiger partial charge on any atom is 0.237 e. The van der Waals surface area contributed by atoms with Gasteiger partial charge in [-0.3, -0.25) is 0 Å². The Kier molecular flexibility index (Phi) is 7.70. The second-order valence-corrected chi connectivity index (χ2v) is 9.36. The Morgan fingerprint density at radius 3 is 2.66 bits per heavy atom. The van der Waals surface area contributed by atoms with E-state index in [9.17, 15) is 0 Å². The van der Waals surface area contributed by atoms with E-state index in [0.29, 0.717) is 27.6 Å². The van der Waals surface area contributed by atoms with Gasteiger partial charge in [-0.15, -0.1) is 23.5 Å². The molecule has 4 rings (SSSR count). The van der Waals surface area contributed by atoms with E-state index >= 15 is 0 Å². The van der Waals surface area contributed by atoms with Crippen LogP contribution in [-0.2, 0) is 5.75 Å². The zero-order valence-electron chi connectivity index (χ0n) is 17.0. The van der Waals surface area contributed by atoms with Crippen molar-refractivity contribution in [3.05, 3.63) is 83.7 Å². The van der Waals surface area contributed by atoms with Crippen LogP contribution >= 0.6 is 47.3 Å². The van der Waals surface area contributed by atoms with Crippen molar-refractivity contribution in [2.75, 3.05) is 16.9 Å². The molecule has 162 valence electrons. The molecule has 32 heavy (non-hydrogen) atoms. The third-order valence-corrected chi connectivity index (χ3v) is 6.62. The molecule has 0 saturated heterocycles. The number of thioether (sulfide) groups is 2. The van der Waals surface area contributed by atoms with Gasteiger partial charge in [0.1, 0.15) is 0 Å². The highest BCUT2D eigenvalue weighted by Crippen LogP contribution is 2.30. The number of nitrogens with one attached hydrogen (secondary N) is 2. The van der Waals surface area contributed by atoms with E-state index in [1.54, 1.807) is 35.7 Å². The molecule has 0 radical (unpaired) electrons. The third kappa shape index (κ3) is 6.04. The minimum Gasteiger partial charge on any atom is -0.338 e. The molecule has 3 aromatic carbocycles. The summed E-state index contributed by atoms with van der Waals surface area (Å²) >= 11 is 14.7. The van der Waals surface area contributed by atoms with Crippen LogP contribution in [0.1, 0.15) is 5.89 Å². The van der Waals surface area contributed by atoms with Crippen LogP contribution in [0.15, 0.2) is 87.1 Å². The number of hydrogen-bond acceptors (Lipinski definition) is 6.